The Balaban J connectivity index is 1.85. The molecular weight excluding hydrogens is 336 g/mol. The summed E-state index contributed by atoms with van der Waals surface area (Å²) in [6.07, 6.45) is 8.49. The maximum atomic E-state index is 11.0. The number of aromatic nitrogens is 3. The van der Waals surface area contributed by atoms with Crippen LogP contribution in [0.1, 0.15) is 12.8 Å². The number of aliphatic carboxylic acids is 1. The molecule has 0 unspecified atom stereocenters. The summed E-state index contributed by atoms with van der Waals surface area (Å²) in [4.78, 5) is 17.4. The second-order valence-corrected chi connectivity index (χ2v) is 5.98. The van der Waals surface area contributed by atoms with Crippen LogP contribution in [0.25, 0.3) is 5.69 Å². The van der Waals surface area contributed by atoms with E-state index < -0.39 is 5.97 Å². The van der Waals surface area contributed by atoms with E-state index in [1.165, 1.54) is 0 Å². The standard InChI is InChI=1S/C14H15BrN4O2/c15-11-7-17-19(9-11)12-1-4-16-8-13(12)18-5-2-10(3-6-18)14(20)21/h1,4,7-10H,2-3,5-6H2,(H,20,21). The van der Waals surface area contributed by atoms with Gasteiger partial charge in [0, 0.05) is 25.5 Å². The SMILES string of the molecule is O=C(O)C1CCN(c2cnccc2-n2cc(Br)cn2)CC1. The lowest BCUT2D eigenvalue weighted by Gasteiger charge is -2.32. The largest absolute Gasteiger partial charge is 0.481 e. The lowest BCUT2D eigenvalue weighted by Crippen LogP contribution is -2.36. The average molecular weight is 351 g/mol. The van der Waals surface area contributed by atoms with Crippen LogP contribution in [0.3, 0.4) is 0 Å². The summed E-state index contributed by atoms with van der Waals surface area (Å²) >= 11 is 3.40. The molecule has 7 heteroatoms. The molecule has 0 spiro atoms. The summed E-state index contributed by atoms with van der Waals surface area (Å²) in [5, 5.41) is 13.4. The summed E-state index contributed by atoms with van der Waals surface area (Å²) in [6.45, 7) is 1.44. The van der Waals surface area contributed by atoms with Gasteiger partial charge in [-0.25, -0.2) is 4.68 Å². The molecule has 1 fully saturated rings. The minimum Gasteiger partial charge on any atom is -0.481 e. The van der Waals surface area contributed by atoms with E-state index in [4.69, 9.17) is 5.11 Å². The van der Waals surface area contributed by atoms with Crippen molar-refractivity contribution in [3.05, 3.63) is 35.3 Å². The van der Waals surface area contributed by atoms with Crippen molar-refractivity contribution < 1.29 is 9.90 Å². The second kappa shape index (κ2) is 5.85. The van der Waals surface area contributed by atoms with Gasteiger partial charge < -0.3 is 10.0 Å². The number of piperidine rings is 1. The van der Waals surface area contributed by atoms with Gasteiger partial charge in [0.05, 0.1) is 34.2 Å². The zero-order valence-electron chi connectivity index (χ0n) is 11.3. The molecule has 2 aromatic rings. The highest BCUT2D eigenvalue weighted by molar-refractivity contribution is 9.10. The molecule has 0 radical (unpaired) electrons. The third-order valence-electron chi connectivity index (χ3n) is 3.76. The first kappa shape index (κ1) is 14.1. The fourth-order valence-electron chi connectivity index (χ4n) is 2.62. The van der Waals surface area contributed by atoms with E-state index in [2.05, 4.69) is 30.9 Å². The van der Waals surface area contributed by atoms with E-state index in [1.807, 2.05) is 18.5 Å². The summed E-state index contributed by atoms with van der Waals surface area (Å²) in [6, 6.07) is 1.91. The summed E-state index contributed by atoms with van der Waals surface area (Å²) in [7, 11) is 0. The molecule has 1 N–H and O–H groups in total. The lowest BCUT2D eigenvalue weighted by molar-refractivity contribution is -0.142. The van der Waals surface area contributed by atoms with Crippen molar-refractivity contribution in [2.24, 2.45) is 5.92 Å². The third kappa shape index (κ3) is 2.92. The van der Waals surface area contributed by atoms with Crippen LogP contribution in [-0.4, -0.2) is 38.9 Å². The van der Waals surface area contributed by atoms with E-state index in [1.54, 1.807) is 17.1 Å². The zero-order chi connectivity index (χ0) is 14.8. The molecule has 0 atom stereocenters. The Kier molecular flexibility index (Phi) is 3.92. The van der Waals surface area contributed by atoms with Crippen molar-refractivity contribution in [3.63, 3.8) is 0 Å². The molecule has 6 nitrogen and oxygen atoms in total. The van der Waals surface area contributed by atoms with E-state index in [0.717, 1.165) is 28.9 Å². The maximum absolute atomic E-state index is 11.0. The molecule has 110 valence electrons. The fourth-order valence-corrected chi connectivity index (χ4v) is 2.90. The van der Waals surface area contributed by atoms with Crippen LogP contribution in [-0.2, 0) is 4.79 Å². The number of anilines is 1. The van der Waals surface area contributed by atoms with Gasteiger partial charge in [0.25, 0.3) is 0 Å². The van der Waals surface area contributed by atoms with Crippen molar-refractivity contribution in [3.8, 4) is 5.69 Å². The Labute approximate surface area is 130 Å². The Morgan fingerprint density at radius 3 is 2.67 bits per heavy atom. The maximum Gasteiger partial charge on any atom is 0.306 e. The molecule has 0 bridgehead atoms. The van der Waals surface area contributed by atoms with Crippen molar-refractivity contribution in [2.45, 2.75) is 12.8 Å². The van der Waals surface area contributed by atoms with Crippen LogP contribution in [0.15, 0.2) is 35.3 Å². The number of hydrogen-bond donors (Lipinski definition) is 1. The molecule has 3 rings (SSSR count). The van der Waals surface area contributed by atoms with Crippen molar-refractivity contribution >= 4 is 27.6 Å². The quantitative estimate of drug-likeness (QED) is 0.919. The smallest absolute Gasteiger partial charge is 0.306 e. The number of carbonyl (C=O) groups is 1. The number of carboxylic acid groups (broad SMARTS) is 1. The molecular formula is C14H15BrN4O2. The van der Waals surface area contributed by atoms with Crippen molar-refractivity contribution in [1.82, 2.24) is 14.8 Å². The average Bonchev–Trinajstić information content (AvgIpc) is 2.94. The predicted octanol–water partition coefficient (Wildman–Crippen LogP) is 2.33. The van der Waals surface area contributed by atoms with Gasteiger partial charge in [0.2, 0.25) is 0 Å². The van der Waals surface area contributed by atoms with Gasteiger partial charge >= 0.3 is 5.97 Å². The first-order valence-corrected chi connectivity index (χ1v) is 7.57. The highest BCUT2D eigenvalue weighted by Crippen LogP contribution is 2.28. The molecule has 0 aromatic carbocycles. The molecule has 21 heavy (non-hydrogen) atoms. The molecule has 0 aliphatic carbocycles. The summed E-state index contributed by atoms with van der Waals surface area (Å²) in [5.74, 6) is -0.933. The van der Waals surface area contributed by atoms with E-state index >= 15 is 0 Å². The third-order valence-corrected chi connectivity index (χ3v) is 4.17. The molecule has 0 amide bonds. The van der Waals surface area contributed by atoms with Gasteiger partial charge in [-0.15, -0.1) is 0 Å². The van der Waals surface area contributed by atoms with E-state index in [-0.39, 0.29) is 5.92 Å². The van der Waals surface area contributed by atoms with Gasteiger partial charge in [-0.05, 0) is 34.8 Å². The highest BCUT2D eigenvalue weighted by Gasteiger charge is 2.26. The summed E-state index contributed by atoms with van der Waals surface area (Å²) in [5.41, 5.74) is 1.93. The van der Waals surface area contributed by atoms with Crippen LogP contribution in [0.5, 0.6) is 0 Å². The molecule has 3 heterocycles. The van der Waals surface area contributed by atoms with Gasteiger partial charge in [-0.3, -0.25) is 9.78 Å². The molecule has 1 aliphatic heterocycles. The van der Waals surface area contributed by atoms with Crippen LogP contribution < -0.4 is 4.90 Å². The topological polar surface area (TPSA) is 71.2 Å². The number of carboxylic acids is 1. The molecule has 2 aromatic heterocycles. The monoisotopic (exact) mass is 350 g/mol. The van der Waals surface area contributed by atoms with E-state index in [0.29, 0.717) is 12.8 Å². The molecule has 0 saturated carbocycles. The van der Waals surface area contributed by atoms with Crippen LogP contribution in [0.4, 0.5) is 5.69 Å². The Morgan fingerprint density at radius 1 is 1.29 bits per heavy atom. The number of nitrogens with zero attached hydrogens (tertiary/aromatic N) is 4. The van der Waals surface area contributed by atoms with Crippen LogP contribution in [0.2, 0.25) is 0 Å². The van der Waals surface area contributed by atoms with Gasteiger partial charge in [0.1, 0.15) is 0 Å². The first-order chi connectivity index (χ1) is 10.1. The second-order valence-electron chi connectivity index (χ2n) is 5.07. The molecule has 1 aliphatic rings. The van der Waals surface area contributed by atoms with Crippen molar-refractivity contribution in [1.29, 1.82) is 0 Å². The number of rotatable bonds is 3. The van der Waals surface area contributed by atoms with Crippen LogP contribution >= 0.6 is 15.9 Å². The molecule has 1 saturated heterocycles. The normalized spacial score (nSPS) is 16.1. The van der Waals surface area contributed by atoms with Crippen molar-refractivity contribution in [2.75, 3.05) is 18.0 Å². The van der Waals surface area contributed by atoms with Gasteiger partial charge in [-0.1, -0.05) is 0 Å². The Bertz CT molecular complexity index is 650. The van der Waals surface area contributed by atoms with Gasteiger partial charge in [-0.2, -0.15) is 5.10 Å². The minimum absolute atomic E-state index is 0.236. The lowest BCUT2D eigenvalue weighted by atomic mass is 9.97. The highest BCUT2D eigenvalue weighted by atomic mass is 79.9. The predicted molar refractivity (Wildman–Crippen MR) is 81.6 cm³/mol. The number of hydrogen-bond acceptors (Lipinski definition) is 4. The van der Waals surface area contributed by atoms with Crippen LogP contribution in [0, 0.1) is 5.92 Å². The van der Waals surface area contributed by atoms with Gasteiger partial charge in [0.15, 0.2) is 0 Å². The number of pyridine rings is 1. The zero-order valence-corrected chi connectivity index (χ0v) is 12.9. The first-order valence-electron chi connectivity index (χ1n) is 6.77. The summed E-state index contributed by atoms with van der Waals surface area (Å²) < 4.78 is 2.71. The van der Waals surface area contributed by atoms with E-state index in [9.17, 15) is 4.79 Å². The Morgan fingerprint density at radius 2 is 2.05 bits per heavy atom. The number of halogens is 1. The minimum atomic E-state index is -0.697. The fraction of sp³-hybridized carbons (Fsp3) is 0.357. The Hall–Kier alpha value is -1.89.